The van der Waals surface area contributed by atoms with Crippen molar-refractivity contribution < 1.29 is 14.3 Å². The predicted octanol–water partition coefficient (Wildman–Crippen LogP) is 4.59. The van der Waals surface area contributed by atoms with Crippen molar-refractivity contribution in [2.24, 2.45) is 7.05 Å². The number of ether oxygens (including phenoxy) is 2. The number of nitrogens with zero attached hydrogens (tertiary/aromatic N) is 4. The van der Waals surface area contributed by atoms with Gasteiger partial charge < -0.3 is 29.6 Å². The highest BCUT2D eigenvalue weighted by Gasteiger charge is 2.23. The Hall–Kier alpha value is -4.37. The van der Waals surface area contributed by atoms with Crippen LogP contribution in [0.15, 0.2) is 67.5 Å². The number of benzene rings is 2. The summed E-state index contributed by atoms with van der Waals surface area (Å²) < 4.78 is 14.0. The van der Waals surface area contributed by atoms with Crippen molar-refractivity contribution in [2.75, 3.05) is 37.9 Å². The molecule has 1 aliphatic heterocycles. The Balaban J connectivity index is 1.48. The molecule has 37 heavy (non-hydrogen) atoms. The van der Waals surface area contributed by atoms with Gasteiger partial charge in [-0.15, -0.1) is 0 Å². The van der Waals surface area contributed by atoms with Crippen molar-refractivity contribution in [3.05, 3.63) is 67.5 Å². The lowest BCUT2D eigenvalue weighted by molar-refractivity contribution is -0.111. The number of para-hydroxylation sites is 1. The molecule has 0 spiro atoms. The van der Waals surface area contributed by atoms with Crippen LogP contribution >= 0.6 is 0 Å². The summed E-state index contributed by atoms with van der Waals surface area (Å²) in [6.45, 7) is 5.33. The number of hydrogen-bond acceptors (Lipinski definition) is 7. The van der Waals surface area contributed by atoms with Crippen LogP contribution in [0.5, 0.6) is 11.5 Å². The van der Waals surface area contributed by atoms with E-state index in [0.29, 0.717) is 28.8 Å². The van der Waals surface area contributed by atoms with E-state index in [1.54, 1.807) is 25.4 Å². The summed E-state index contributed by atoms with van der Waals surface area (Å²) in [6, 6.07) is 13.6. The molecule has 5 rings (SSSR count). The van der Waals surface area contributed by atoms with Gasteiger partial charge in [0.15, 0.2) is 0 Å². The molecule has 190 valence electrons. The molecular formula is C28H30N6O3. The van der Waals surface area contributed by atoms with E-state index in [9.17, 15) is 4.79 Å². The molecule has 2 aromatic heterocycles. The first-order valence-electron chi connectivity index (χ1n) is 12.1. The molecule has 2 N–H and O–H groups in total. The first-order chi connectivity index (χ1) is 17.9. The molecule has 0 saturated carbocycles. The molecule has 4 aromatic rings. The van der Waals surface area contributed by atoms with Gasteiger partial charge in [0.25, 0.3) is 0 Å². The maximum atomic E-state index is 12.2. The normalized spacial score (nSPS) is 15.5. The van der Waals surface area contributed by atoms with Gasteiger partial charge in [0, 0.05) is 55.1 Å². The Labute approximate surface area is 215 Å². The summed E-state index contributed by atoms with van der Waals surface area (Å²) in [6.07, 6.45) is 5.93. The van der Waals surface area contributed by atoms with E-state index in [0.717, 1.165) is 41.7 Å². The Morgan fingerprint density at radius 3 is 2.76 bits per heavy atom. The van der Waals surface area contributed by atoms with E-state index in [4.69, 9.17) is 14.5 Å². The van der Waals surface area contributed by atoms with Gasteiger partial charge in [-0.25, -0.2) is 9.97 Å². The highest BCUT2D eigenvalue weighted by atomic mass is 16.5. The molecule has 0 unspecified atom stereocenters. The molecule has 0 aliphatic carbocycles. The standard InChI is InChI=1S/C28H30N6O3/c1-5-27(35)30-23-14-22(25(36-4)15-26(23)37-18-11-13-33(2)16-18)32-28-29-12-10-21(31-28)20-17-34(3)24-9-7-6-8-19(20)24/h5-10,12,14-15,17-18H,1,11,13,16H2,2-4H3,(H,30,35)(H,29,31,32)/t18-/m0/s1. The van der Waals surface area contributed by atoms with Crippen molar-refractivity contribution in [1.29, 1.82) is 0 Å². The van der Waals surface area contributed by atoms with Crippen LogP contribution in [0.25, 0.3) is 22.2 Å². The molecule has 9 heteroatoms. The summed E-state index contributed by atoms with van der Waals surface area (Å²) in [5.74, 6) is 1.13. The number of amides is 1. The number of anilines is 3. The number of carbonyl (C=O) groups is 1. The highest BCUT2D eigenvalue weighted by Crippen LogP contribution is 2.39. The molecule has 0 radical (unpaired) electrons. The van der Waals surface area contributed by atoms with Gasteiger partial charge in [0.05, 0.1) is 24.2 Å². The summed E-state index contributed by atoms with van der Waals surface area (Å²) in [4.78, 5) is 23.6. The lowest BCUT2D eigenvalue weighted by Gasteiger charge is -2.20. The topological polar surface area (TPSA) is 93.5 Å². The fourth-order valence-electron chi connectivity index (χ4n) is 4.61. The SMILES string of the molecule is C=CC(=O)Nc1cc(Nc2nccc(-c3cn(C)c4ccccc34)n2)c(OC)cc1O[C@H]1CCN(C)C1. The second-order valence-electron chi connectivity index (χ2n) is 9.09. The average molecular weight is 499 g/mol. The Kier molecular flexibility index (Phi) is 6.78. The largest absolute Gasteiger partial charge is 0.494 e. The first-order valence-corrected chi connectivity index (χ1v) is 12.1. The van der Waals surface area contributed by atoms with Crippen LogP contribution in [0, 0.1) is 0 Å². The number of aromatic nitrogens is 3. The van der Waals surface area contributed by atoms with Crippen LogP contribution in [0.3, 0.4) is 0 Å². The number of methoxy groups -OCH3 is 1. The van der Waals surface area contributed by atoms with Gasteiger partial charge in [-0.2, -0.15) is 0 Å². The second-order valence-corrected chi connectivity index (χ2v) is 9.09. The van der Waals surface area contributed by atoms with Crippen LogP contribution in [-0.2, 0) is 11.8 Å². The van der Waals surface area contributed by atoms with Crippen LogP contribution < -0.4 is 20.1 Å². The number of hydrogen-bond donors (Lipinski definition) is 2. The van der Waals surface area contributed by atoms with Crippen LogP contribution in [0.4, 0.5) is 17.3 Å². The third-order valence-electron chi connectivity index (χ3n) is 6.46. The third kappa shape index (κ3) is 5.12. The van der Waals surface area contributed by atoms with E-state index in [1.807, 2.05) is 25.2 Å². The minimum Gasteiger partial charge on any atom is -0.494 e. The van der Waals surface area contributed by atoms with E-state index >= 15 is 0 Å². The van der Waals surface area contributed by atoms with Gasteiger partial charge in [0.2, 0.25) is 11.9 Å². The number of carbonyl (C=O) groups excluding carboxylic acids is 1. The smallest absolute Gasteiger partial charge is 0.247 e. The minimum atomic E-state index is -0.335. The van der Waals surface area contributed by atoms with Gasteiger partial charge >= 0.3 is 0 Å². The van der Waals surface area contributed by atoms with Crippen molar-refractivity contribution in [3.8, 4) is 22.8 Å². The van der Waals surface area contributed by atoms with Crippen LogP contribution in [-0.4, -0.2) is 58.7 Å². The monoisotopic (exact) mass is 498 g/mol. The van der Waals surface area contributed by atoms with Gasteiger partial charge in [-0.1, -0.05) is 24.8 Å². The summed E-state index contributed by atoms with van der Waals surface area (Å²) in [7, 11) is 5.66. The molecule has 1 aliphatic rings. The van der Waals surface area contributed by atoms with E-state index < -0.39 is 0 Å². The zero-order chi connectivity index (χ0) is 25.9. The first kappa shape index (κ1) is 24.3. The van der Waals surface area contributed by atoms with Crippen molar-refractivity contribution in [2.45, 2.75) is 12.5 Å². The number of nitrogens with one attached hydrogen (secondary N) is 2. The van der Waals surface area contributed by atoms with Crippen molar-refractivity contribution in [3.63, 3.8) is 0 Å². The van der Waals surface area contributed by atoms with Crippen LogP contribution in [0.2, 0.25) is 0 Å². The van der Waals surface area contributed by atoms with Crippen molar-refractivity contribution in [1.82, 2.24) is 19.4 Å². The highest BCUT2D eigenvalue weighted by molar-refractivity contribution is 6.00. The molecule has 1 saturated heterocycles. The third-order valence-corrected chi connectivity index (χ3v) is 6.46. The second kappa shape index (κ2) is 10.3. The number of rotatable bonds is 8. The average Bonchev–Trinajstić information content (AvgIpc) is 3.48. The molecule has 1 atom stereocenters. The zero-order valence-corrected chi connectivity index (χ0v) is 21.2. The van der Waals surface area contributed by atoms with Crippen LogP contribution in [0.1, 0.15) is 6.42 Å². The molecule has 1 amide bonds. The Morgan fingerprint density at radius 1 is 1.16 bits per heavy atom. The Bertz CT molecular complexity index is 1460. The predicted molar refractivity (Wildman–Crippen MR) is 146 cm³/mol. The van der Waals surface area contributed by atoms with Gasteiger partial charge in [-0.3, -0.25) is 4.79 Å². The number of fused-ring (bicyclic) bond motifs is 1. The van der Waals surface area contributed by atoms with E-state index in [2.05, 4.69) is 57.0 Å². The lowest BCUT2D eigenvalue weighted by atomic mass is 10.1. The fourth-order valence-corrected chi connectivity index (χ4v) is 4.61. The molecule has 9 nitrogen and oxygen atoms in total. The minimum absolute atomic E-state index is 0.0219. The summed E-state index contributed by atoms with van der Waals surface area (Å²) >= 11 is 0. The van der Waals surface area contributed by atoms with E-state index in [1.165, 1.54) is 6.08 Å². The Morgan fingerprint density at radius 2 is 2.00 bits per heavy atom. The quantitative estimate of drug-likeness (QED) is 0.343. The van der Waals surface area contributed by atoms with Crippen molar-refractivity contribution >= 4 is 34.1 Å². The molecule has 3 heterocycles. The zero-order valence-electron chi connectivity index (χ0n) is 21.2. The molecule has 2 aromatic carbocycles. The van der Waals surface area contributed by atoms with Gasteiger partial charge in [0.1, 0.15) is 17.6 Å². The van der Waals surface area contributed by atoms with E-state index in [-0.39, 0.29) is 12.0 Å². The maximum Gasteiger partial charge on any atom is 0.247 e. The number of likely N-dealkylation sites (N-methyl/N-ethyl adjacent to an activating group) is 1. The molecule has 1 fully saturated rings. The molecule has 0 bridgehead atoms. The number of likely N-dealkylation sites (tertiary alicyclic amines) is 1. The van der Waals surface area contributed by atoms with Gasteiger partial charge in [-0.05, 0) is 37.7 Å². The maximum absolute atomic E-state index is 12.2. The summed E-state index contributed by atoms with van der Waals surface area (Å²) in [5, 5.41) is 7.21. The lowest BCUT2D eigenvalue weighted by Crippen LogP contribution is -2.22. The summed E-state index contributed by atoms with van der Waals surface area (Å²) in [5.41, 5.74) is 4.03. The fraction of sp³-hybridized carbons (Fsp3) is 0.250. The number of aryl methyl sites for hydroxylation is 1. The molecular weight excluding hydrogens is 468 g/mol.